The number of nitrogens with two attached hydrogens (primary N) is 1. The van der Waals surface area contributed by atoms with Gasteiger partial charge in [0.25, 0.3) is 0 Å². The maximum absolute atomic E-state index is 5.94. The summed E-state index contributed by atoms with van der Waals surface area (Å²) in [5.41, 5.74) is 5.94. The predicted molar refractivity (Wildman–Crippen MR) is 53.1 cm³/mol. The second-order valence-electron chi connectivity index (χ2n) is 4.43. The van der Waals surface area contributed by atoms with Crippen molar-refractivity contribution < 1.29 is 0 Å². The van der Waals surface area contributed by atoms with E-state index in [1.165, 1.54) is 19.3 Å². The third-order valence-corrected chi connectivity index (χ3v) is 2.55. The summed E-state index contributed by atoms with van der Waals surface area (Å²) in [5, 5.41) is 3.50. The van der Waals surface area contributed by atoms with Crippen molar-refractivity contribution in [2.45, 2.75) is 51.6 Å². The molecule has 1 saturated carbocycles. The van der Waals surface area contributed by atoms with Gasteiger partial charge in [0.05, 0.1) is 0 Å². The summed E-state index contributed by atoms with van der Waals surface area (Å²) in [6, 6.07) is 1.13. The summed E-state index contributed by atoms with van der Waals surface area (Å²) >= 11 is 0. The second-order valence-corrected chi connectivity index (χ2v) is 4.43. The largest absolute Gasteiger partial charge is 0.327 e. The summed E-state index contributed by atoms with van der Waals surface area (Å²) in [6.07, 6.45) is 5.25. The lowest BCUT2D eigenvalue weighted by Gasteiger charge is -2.28. The standard InChI is InChI=1S/C10H22N2/c1-8(2)6-9(11)7-12-10-4-3-5-10/h8-10,12H,3-7,11H2,1-2H3. The molecule has 2 nitrogen and oxygen atoms in total. The summed E-state index contributed by atoms with van der Waals surface area (Å²) in [7, 11) is 0. The molecule has 0 bridgehead atoms. The highest BCUT2D eigenvalue weighted by Crippen LogP contribution is 2.17. The minimum atomic E-state index is 0.352. The molecule has 1 aliphatic rings. The first-order valence-electron chi connectivity index (χ1n) is 5.17. The molecule has 1 fully saturated rings. The van der Waals surface area contributed by atoms with E-state index in [2.05, 4.69) is 19.2 Å². The fraction of sp³-hybridized carbons (Fsp3) is 1.00. The van der Waals surface area contributed by atoms with Gasteiger partial charge in [-0.05, 0) is 25.2 Å². The molecular weight excluding hydrogens is 148 g/mol. The van der Waals surface area contributed by atoms with Crippen LogP contribution < -0.4 is 11.1 Å². The molecule has 72 valence electrons. The highest BCUT2D eigenvalue weighted by atomic mass is 14.9. The van der Waals surface area contributed by atoms with Crippen molar-refractivity contribution in [1.29, 1.82) is 0 Å². The Morgan fingerprint density at radius 1 is 1.42 bits per heavy atom. The average molecular weight is 170 g/mol. The first-order chi connectivity index (χ1) is 5.68. The maximum Gasteiger partial charge on any atom is 0.0167 e. The first kappa shape index (κ1) is 10.0. The van der Waals surface area contributed by atoms with Gasteiger partial charge in [0.1, 0.15) is 0 Å². The molecule has 12 heavy (non-hydrogen) atoms. The molecule has 0 aromatic carbocycles. The van der Waals surface area contributed by atoms with Gasteiger partial charge in [0.2, 0.25) is 0 Å². The van der Waals surface area contributed by atoms with Crippen molar-refractivity contribution in [3.8, 4) is 0 Å². The van der Waals surface area contributed by atoms with E-state index in [0.29, 0.717) is 6.04 Å². The van der Waals surface area contributed by atoms with E-state index in [0.717, 1.165) is 24.9 Å². The van der Waals surface area contributed by atoms with Crippen molar-refractivity contribution >= 4 is 0 Å². The minimum Gasteiger partial charge on any atom is -0.327 e. The van der Waals surface area contributed by atoms with Crippen molar-refractivity contribution in [2.24, 2.45) is 11.7 Å². The van der Waals surface area contributed by atoms with Gasteiger partial charge in [0, 0.05) is 18.6 Å². The van der Waals surface area contributed by atoms with Gasteiger partial charge >= 0.3 is 0 Å². The number of hydrogen-bond acceptors (Lipinski definition) is 2. The predicted octanol–water partition coefficient (Wildman–Crippen LogP) is 1.50. The summed E-state index contributed by atoms with van der Waals surface area (Å²) in [5.74, 6) is 0.725. The van der Waals surface area contributed by atoms with E-state index in [-0.39, 0.29) is 0 Å². The zero-order valence-corrected chi connectivity index (χ0v) is 8.34. The van der Waals surface area contributed by atoms with Crippen LogP contribution >= 0.6 is 0 Å². The molecule has 0 saturated heterocycles. The number of rotatable bonds is 5. The van der Waals surface area contributed by atoms with Gasteiger partial charge in [-0.15, -0.1) is 0 Å². The molecule has 0 amide bonds. The zero-order chi connectivity index (χ0) is 8.97. The van der Waals surface area contributed by atoms with Crippen LogP contribution in [-0.2, 0) is 0 Å². The van der Waals surface area contributed by atoms with Crippen LogP contribution in [0.2, 0.25) is 0 Å². The van der Waals surface area contributed by atoms with Crippen LogP contribution in [0.15, 0.2) is 0 Å². The van der Waals surface area contributed by atoms with Crippen molar-refractivity contribution in [3.63, 3.8) is 0 Å². The van der Waals surface area contributed by atoms with E-state index in [1.54, 1.807) is 0 Å². The number of nitrogens with one attached hydrogen (secondary N) is 1. The van der Waals surface area contributed by atoms with Crippen molar-refractivity contribution in [3.05, 3.63) is 0 Å². The Balaban J connectivity index is 1.97. The van der Waals surface area contributed by atoms with E-state index in [1.807, 2.05) is 0 Å². The average Bonchev–Trinajstić information content (AvgIpc) is 1.81. The van der Waals surface area contributed by atoms with Crippen molar-refractivity contribution in [2.75, 3.05) is 6.54 Å². The molecule has 1 rings (SSSR count). The fourth-order valence-electron chi connectivity index (χ4n) is 1.62. The molecule has 0 aliphatic heterocycles. The molecule has 2 heteroatoms. The first-order valence-corrected chi connectivity index (χ1v) is 5.17. The molecule has 0 aromatic heterocycles. The van der Waals surface area contributed by atoms with Gasteiger partial charge in [-0.3, -0.25) is 0 Å². The Bertz CT molecular complexity index is 119. The summed E-state index contributed by atoms with van der Waals surface area (Å²) < 4.78 is 0. The van der Waals surface area contributed by atoms with E-state index in [9.17, 15) is 0 Å². The van der Waals surface area contributed by atoms with Crippen LogP contribution in [0.3, 0.4) is 0 Å². The summed E-state index contributed by atoms with van der Waals surface area (Å²) in [4.78, 5) is 0. The highest BCUT2D eigenvalue weighted by Gasteiger charge is 2.17. The van der Waals surface area contributed by atoms with Crippen LogP contribution in [0.25, 0.3) is 0 Å². The molecule has 0 radical (unpaired) electrons. The molecule has 1 aliphatic carbocycles. The molecule has 3 N–H and O–H groups in total. The molecule has 1 atom stereocenters. The third kappa shape index (κ3) is 3.55. The molecular formula is C10H22N2. The Morgan fingerprint density at radius 2 is 2.08 bits per heavy atom. The van der Waals surface area contributed by atoms with E-state index < -0.39 is 0 Å². The minimum absolute atomic E-state index is 0.352. The quantitative estimate of drug-likeness (QED) is 0.656. The normalized spacial score (nSPS) is 21.0. The Morgan fingerprint density at radius 3 is 2.50 bits per heavy atom. The lowest BCUT2D eigenvalue weighted by atomic mass is 9.93. The van der Waals surface area contributed by atoms with Gasteiger partial charge in [-0.1, -0.05) is 20.3 Å². The van der Waals surface area contributed by atoms with Gasteiger partial charge in [0.15, 0.2) is 0 Å². The van der Waals surface area contributed by atoms with Gasteiger partial charge < -0.3 is 11.1 Å². The summed E-state index contributed by atoms with van der Waals surface area (Å²) in [6.45, 7) is 5.45. The van der Waals surface area contributed by atoms with Crippen LogP contribution in [0.5, 0.6) is 0 Å². The molecule has 0 heterocycles. The van der Waals surface area contributed by atoms with Crippen LogP contribution in [-0.4, -0.2) is 18.6 Å². The van der Waals surface area contributed by atoms with E-state index >= 15 is 0 Å². The van der Waals surface area contributed by atoms with Crippen molar-refractivity contribution in [1.82, 2.24) is 5.32 Å². The molecule has 0 spiro atoms. The van der Waals surface area contributed by atoms with Crippen LogP contribution in [0, 0.1) is 5.92 Å². The molecule has 1 unspecified atom stereocenters. The number of hydrogen-bond donors (Lipinski definition) is 2. The van der Waals surface area contributed by atoms with Crippen LogP contribution in [0.1, 0.15) is 39.5 Å². The fourth-order valence-corrected chi connectivity index (χ4v) is 1.62. The smallest absolute Gasteiger partial charge is 0.0167 e. The van der Waals surface area contributed by atoms with E-state index in [4.69, 9.17) is 5.73 Å². The zero-order valence-electron chi connectivity index (χ0n) is 8.34. The Labute approximate surface area is 75.9 Å². The lowest BCUT2D eigenvalue weighted by molar-refractivity contribution is 0.323. The molecule has 0 aromatic rings. The van der Waals surface area contributed by atoms with Gasteiger partial charge in [-0.25, -0.2) is 0 Å². The highest BCUT2D eigenvalue weighted by molar-refractivity contribution is 4.78. The lowest BCUT2D eigenvalue weighted by Crippen LogP contribution is -2.43. The Kier molecular flexibility index (Phi) is 4.02. The van der Waals surface area contributed by atoms with Gasteiger partial charge in [-0.2, -0.15) is 0 Å². The topological polar surface area (TPSA) is 38.0 Å². The Hall–Kier alpha value is -0.0800. The third-order valence-electron chi connectivity index (χ3n) is 2.55. The monoisotopic (exact) mass is 170 g/mol. The second kappa shape index (κ2) is 4.83. The maximum atomic E-state index is 5.94. The van der Waals surface area contributed by atoms with Crippen LogP contribution in [0.4, 0.5) is 0 Å². The SMILES string of the molecule is CC(C)CC(N)CNC1CCC1.